The summed E-state index contributed by atoms with van der Waals surface area (Å²) in [5.41, 5.74) is 0. The summed E-state index contributed by atoms with van der Waals surface area (Å²) >= 11 is 0. The average Bonchev–Trinajstić information content (AvgIpc) is 3.33. The van der Waals surface area contributed by atoms with Crippen LogP contribution in [0.4, 0.5) is 0 Å². The third kappa shape index (κ3) is 52.4. The van der Waals surface area contributed by atoms with Crippen LogP contribution in [0.1, 0.15) is 213 Å². The normalized spacial score (nSPS) is 13.2. The van der Waals surface area contributed by atoms with E-state index in [1.54, 1.807) is 0 Å². The second-order valence-corrected chi connectivity index (χ2v) is 17.3. The average molecular weight is 925 g/mol. The van der Waals surface area contributed by atoms with E-state index in [-0.39, 0.29) is 37.5 Å². The Bertz CT molecular complexity index is 1480. The third-order valence-corrected chi connectivity index (χ3v) is 10.9. The predicted molar refractivity (Wildman–Crippen MR) is 288 cm³/mol. The largest absolute Gasteiger partial charge is 0.462 e. The van der Waals surface area contributed by atoms with Crippen LogP contribution in [0.15, 0.2) is 134 Å². The molecule has 67 heavy (non-hydrogen) atoms. The first-order valence-corrected chi connectivity index (χ1v) is 26.8. The molecule has 1 unspecified atom stereocenters. The van der Waals surface area contributed by atoms with Crippen LogP contribution in [0, 0.1) is 0 Å². The van der Waals surface area contributed by atoms with Crippen LogP contribution in [-0.4, -0.2) is 37.2 Å². The van der Waals surface area contributed by atoms with Gasteiger partial charge in [-0.05, 0) is 89.9 Å². The minimum Gasteiger partial charge on any atom is -0.462 e. The van der Waals surface area contributed by atoms with Crippen molar-refractivity contribution >= 4 is 17.9 Å². The molecule has 0 radical (unpaired) electrons. The van der Waals surface area contributed by atoms with Gasteiger partial charge >= 0.3 is 17.9 Å². The van der Waals surface area contributed by atoms with E-state index in [4.69, 9.17) is 14.2 Å². The minimum absolute atomic E-state index is 0.117. The quantitative estimate of drug-likeness (QED) is 0.0262. The minimum atomic E-state index is -0.820. The molecule has 0 saturated heterocycles. The molecule has 376 valence electrons. The fraction of sp³-hybridized carbons (Fsp3) is 0.590. The maximum absolute atomic E-state index is 12.8. The fourth-order valence-corrected chi connectivity index (χ4v) is 6.82. The van der Waals surface area contributed by atoms with Gasteiger partial charge in [-0.25, -0.2) is 0 Å². The van der Waals surface area contributed by atoms with E-state index >= 15 is 0 Å². The molecule has 0 heterocycles. The zero-order chi connectivity index (χ0) is 48.6. The first-order chi connectivity index (χ1) is 33.0. The zero-order valence-electron chi connectivity index (χ0n) is 42.9. The van der Waals surface area contributed by atoms with Crippen LogP contribution < -0.4 is 0 Å². The van der Waals surface area contributed by atoms with Gasteiger partial charge < -0.3 is 14.2 Å². The van der Waals surface area contributed by atoms with Gasteiger partial charge in [0.05, 0.1) is 0 Å². The van der Waals surface area contributed by atoms with Gasteiger partial charge in [-0.3, -0.25) is 14.4 Å². The highest BCUT2D eigenvalue weighted by Gasteiger charge is 2.19. The second kappa shape index (κ2) is 54.2. The number of carbonyl (C=O) groups is 3. The molecule has 0 bridgehead atoms. The number of rotatable bonds is 46. The summed E-state index contributed by atoms with van der Waals surface area (Å²) in [6, 6.07) is 0. The molecule has 0 spiro atoms. The number of hydrogen-bond donors (Lipinski definition) is 0. The fourth-order valence-electron chi connectivity index (χ4n) is 6.82. The molecule has 0 aliphatic rings. The lowest BCUT2D eigenvalue weighted by Crippen LogP contribution is -2.30. The Balaban J connectivity index is 4.56. The van der Waals surface area contributed by atoms with Crippen molar-refractivity contribution in [1.29, 1.82) is 0 Å². The molecule has 0 rings (SSSR count). The molecule has 0 fully saturated rings. The highest BCUT2D eigenvalue weighted by Crippen LogP contribution is 2.13. The number of unbranched alkanes of at least 4 members (excludes halogenated alkanes) is 21. The van der Waals surface area contributed by atoms with Crippen LogP contribution in [0.5, 0.6) is 0 Å². The Morgan fingerprint density at radius 3 is 0.955 bits per heavy atom. The SMILES string of the molecule is CC/C=C/C=C/C=C/C=C/CCCCCC(=O)OCC(COC(=O)CCCCCCC/C=C/C=C/C=C/C=C/CCCCC)OC(=O)CCCCCCC/C=C/C=C/C=C/CCCCCCC. The smallest absolute Gasteiger partial charge is 0.306 e. The molecule has 0 aromatic heterocycles. The summed E-state index contributed by atoms with van der Waals surface area (Å²) in [6.45, 7) is 6.35. The van der Waals surface area contributed by atoms with E-state index in [9.17, 15) is 14.4 Å². The molecule has 6 nitrogen and oxygen atoms in total. The number of carbonyl (C=O) groups excluding carboxylic acids is 3. The lowest BCUT2D eigenvalue weighted by Gasteiger charge is -2.18. The summed E-state index contributed by atoms with van der Waals surface area (Å²) < 4.78 is 16.7. The zero-order valence-corrected chi connectivity index (χ0v) is 42.9. The molecule has 0 aliphatic carbocycles. The van der Waals surface area contributed by atoms with Gasteiger partial charge in [0, 0.05) is 19.3 Å². The number of allylic oxidation sites excluding steroid dienone is 22. The maximum Gasteiger partial charge on any atom is 0.306 e. The number of hydrogen-bond acceptors (Lipinski definition) is 6. The Kier molecular flexibility index (Phi) is 50.6. The van der Waals surface area contributed by atoms with E-state index in [0.717, 1.165) is 122 Å². The lowest BCUT2D eigenvalue weighted by atomic mass is 10.1. The summed E-state index contributed by atoms with van der Waals surface area (Å²) in [7, 11) is 0. The van der Waals surface area contributed by atoms with Crippen molar-refractivity contribution in [3.8, 4) is 0 Å². The molecular weight excluding hydrogens is 829 g/mol. The van der Waals surface area contributed by atoms with E-state index in [1.807, 2.05) is 36.5 Å². The summed E-state index contributed by atoms with van der Waals surface area (Å²) in [5, 5.41) is 0. The van der Waals surface area contributed by atoms with Crippen molar-refractivity contribution in [2.75, 3.05) is 13.2 Å². The highest BCUT2D eigenvalue weighted by atomic mass is 16.6. The van der Waals surface area contributed by atoms with Crippen molar-refractivity contribution in [3.05, 3.63) is 134 Å². The Morgan fingerprint density at radius 2 is 0.582 bits per heavy atom. The first-order valence-electron chi connectivity index (χ1n) is 26.8. The topological polar surface area (TPSA) is 78.9 Å². The van der Waals surface area contributed by atoms with Crippen LogP contribution in [0.2, 0.25) is 0 Å². The van der Waals surface area contributed by atoms with Crippen LogP contribution in [0.25, 0.3) is 0 Å². The first kappa shape index (κ1) is 62.5. The third-order valence-electron chi connectivity index (χ3n) is 10.9. The van der Waals surface area contributed by atoms with Gasteiger partial charge in [0.1, 0.15) is 13.2 Å². The van der Waals surface area contributed by atoms with Gasteiger partial charge in [-0.1, -0.05) is 238 Å². The standard InChI is InChI=1S/C61H96O6/c1-4-7-10-13-16-19-22-25-27-29-31-33-36-39-42-45-48-51-54-60(63)66-57-58(56-65-59(62)53-50-47-44-41-38-35-24-21-18-15-12-9-6-3)67-61(64)55-52-49-46-43-40-37-34-32-30-28-26-23-20-17-14-11-8-5-2/h9,12,15-16,18-19,21-35,38,58H,4-8,10-11,13-14,17,20,36-37,39-57H2,1-3H3/b12-9+,18-15+,19-16+,24-21+,25-22+,26-23+,29-27+,30-28+,33-31+,34-32+,38-35+. The number of ether oxygens (including phenoxy) is 3. The van der Waals surface area contributed by atoms with Crippen molar-refractivity contribution in [3.63, 3.8) is 0 Å². The molecule has 0 N–H and O–H groups in total. The summed E-state index contributed by atoms with van der Waals surface area (Å²) in [4.78, 5) is 38.0. The molecule has 0 aromatic carbocycles. The van der Waals surface area contributed by atoms with Crippen LogP contribution in [-0.2, 0) is 28.6 Å². The predicted octanol–water partition coefficient (Wildman–Crippen LogP) is 17.9. The van der Waals surface area contributed by atoms with E-state index in [1.165, 1.54) is 51.4 Å². The molecule has 0 aliphatic heterocycles. The van der Waals surface area contributed by atoms with Crippen molar-refractivity contribution in [2.24, 2.45) is 0 Å². The molecule has 1 atom stereocenters. The second-order valence-electron chi connectivity index (χ2n) is 17.3. The van der Waals surface area contributed by atoms with E-state index in [0.29, 0.717) is 12.8 Å². The van der Waals surface area contributed by atoms with Gasteiger partial charge in [0.2, 0.25) is 0 Å². The molecule has 6 heteroatoms. The van der Waals surface area contributed by atoms with Gasteiger partial charge in [0.15, 0.2) is 6.10 Å². The van der Waals surface area contributed by atoms with Crippen LogP contribution in [0.3, 0.4) is 0 Å². The van der Waals surface area contributed by atoms with Gasteiger partial charge in [-0.15, -0.1) is 0 Å². The Morgan fingerprint density at radius 1 is 0.313 bits per heavy atom. The van der Waals surface area contributed by atoms with Gasteiger partial charge in [0.25, 0.3) is 0 Å². The van der Waals surface area contributed by atoms with Crippen molar-refractivity contribution < 1.29 is 28.6 Å². The van der Waals surface area contributed by atoms with Gasteiger partial charge in [-0.2, -0.15) is 0 Å². The summed E-state index contributed by atoms with van der Waals surface area (Å²) in [6.07, 6.45) is 75.7. The number of esters is 3. The van der Waals surface area contributed by atoms with Crippen molar-refractivity contribution in [1.82, 2.24) is 0 Å². The van der Waals surface area contributed by atoms with E-state index in [2.05, 4.69) is 118 Å². The Hall–Kier alpha value is -4.45. The van der Waals surface area contributed by atoms with Crippen molar-refractivity contribution in [2.45, 2.75) is 219 Å². The lowest BCUT2D eigenvalue weighted by molar-refractivity contribution is -0.167. The highest BCUT2D eigenvalue weighted by molar-refractivity contribution is 5.71. The monoisotopic (exact) mass is 925 g/mol. The Labute approximate surface area is 411 Å². The molecular formula is C61H96O6. The molecule has 0 saturated carbocycles. The van der Waals surface area contributed by atoms with Crippen LogP contribution >= 0.6 is 0 Å². The van der Waals surface area contributed by atoms with E-state index < -0.39 is 6.10 Å². The molecule has 0 aromatic rings. The maximum atomic E-state index is 12.8. The molecule has 0 amide bonds. The summed E-state index contributed by atoms with van der Waals surface area (Å²) in [5.74, 6) is -1.01.